The molecule has 24 heteroatoms. The zero-order valence-corrected chi connectivity index (χ0v) is 34.2. The first-order valence-electron chi connectivity index (χ1n) is 19.6. The van der Waals surface area contributed by atoms with Crippen molar-refractivity contribution in [3.05, 3.63) is 0 Å². The van der Waals surface area contributed by atoms with Crippen molar-refractivity contribution in [2.24, 2.45) is 5.73 Å². The minimum Gasteiger partial charge on any atom is -0.447 e. The van der Waals surface area contributed by atoms with Crippen LogP contribution in [-0.4, -0.2) is 274 Å². The van der Waals surface area contributed by atoms with E-state index in [-0.39, 0.29) is 105 Å². The van der Waals surface area contributed by atoms with E-state index >= 15 is 0 Å². The Kier molecular flexibility index (Phi) is 38.5. The predicted molar refractivity (Wildman–Crippen MR) is 206 cm³/mol. The molecule has 12 atom stereocenters. The molecule has 17 N–H and O–H groups in total. The van der Waals surface area contributed by atoms with Gasteiger partial charge in [0, 0.05) is 45.9 Å². The molecule has 0 spiro atoms. The third kappa shape index (κ3) is 32.8. The largest absolute Gasteiger partial charge is 0.447 e. The molecule has 0 bridgehead atoms. The van der Waals surface area contributed by atoms with Crippen LogP contribution < -0.4 is 11.1 Å². The molecule has 1 amide bonds. The average Bonchev–Trinajstić information content (AvgIpc) is 3.19. The fraction of sp³-hybridized carbons (Fsp3) is 0.971. The van der Waals surface area contributed by atoms with Gasteiger partial charge >= 0.3 is 6.09 Å². The molecule has 24 nitrogen and oxygen atoms in total. The van der Waals surface area contributed by atoms with Gasteiger partial charge in [0.2, 0.25) is 0 Å². The van der Waals surface area contributed by atoms with Gasteiger partial charge in [0.05, 0.1) is 96.6 Å². The standard InChI is InChI=1S/C33H69N3O21.C2H6/c34-3-4-35-33(51)57-20-26(44)19-56-18-25(43)17-55-16-24(42)15-54-14-23(41)13-53-12-22(40)11-52-10-21(39)7-36(8-29(47)31(49)27(45)1-5-37)9-30(48)32(50)28(46)2-6-38;1-2/h21-32,37-50H,1-20,34H2,(H,35,51);1-2H3. The number of carbonyl (C=O) groups is 1. The van der Waals surface area contributed by atoms with Crippen molar-refractivity contribution in [1.82, 2.24) is 10.2 Å². The van der Waals surface area contributed by atoms with Crippen LogP contribution in [0.15, 0.2) is 0 Å². The molecule has 0 aliphatic rings. The van der Waals surface area contributed by atoms with Crippen LogP contribution in [0.1, 0.15) is 26.7 Å². The minimum absolute atomic E-state index is 0.200. The monoisotopic (exact) mass is 873 g/mol. The first-order chi connectivity index (χ1) is 28.0. The second kappa shape index (κ2) is 38.1. The summed E-state index contributed by atoms with van der Waals surface area (Å²) in [6.07, 6.45) is -17.7. The van der Waals surface area contributed by atoms with Gasteiger partial charge in [-0.1, -0.05) is 13.8 Å². The molecule has 0 aliphatic carbocycles. The van der Waals surface area contributed by atoms with E-state index in [1.807, 2.05) is 13.8 Å². The Morgan fingerprint density at radius 1 is 0.492 bits per heavy atom. The van der Waals surface area contributed by atoms with E-state index in [1.54, 1.807) is 0 Å². The number of nitrogens with zero attached hydrogens (tertiary/aromatic N) is 1. The number of amides is 1. The van der Waals surface area contributed by atoms with Crippen molar-refractivity contribution in [2.75, 3.05) is 119 Å². The fourth-order valence-corrected chi connectivity index (χ4v) is 4.78. The molecule has 0 aromatic heterocycles. The van der Waals surface area contributed by atoms with Gasteiger partial charge in [-0.3, -0.25) is 4.90 Å². The summed E-state index contributed by atoms with van der Waals surface area (Å²) < 4.78 is 30.9. The summed E-state index contributed by atoms with van der Waals surface area (Å²) in [7, 11) is 0. The lowest BCUT2D eigenvalue weighted by Gasteiger charge is -2.33. The molecule has 0 rings (SSSR count). The second-order valence-electron chi connectivity index (χ2n) is 13.4. The highest BCUT2D eigenvalue weighted by Crippen LogP contribution is 2.11. The summed E-state index contributed by atoms with van der Waals surface area (Å²) >= 11 is 0. The quantitative estimate of drug-likeness (QED) is 0.0274. The number of rotatable bonds is 38. The molecule has 0 aliphatic heterocycles. The van der Waals surface area contributed by atoms with Gasteiger partial charge in [0.25, 0.3) is 0 Å². The van der Waals surface area contributed by atoms with Gasteiger partial charge in [-0.25, -0.2) is 4.79 Å². The van der Waals surface area contributed by atoms with E-state index < -0.39 is 106 Å². The Morgan fingerprint density at radius 2 is 0.797 bits per heavy atom. The molecular weight excluding hydrogens is 798 g/mol. The third-order valence-electron chi connectivity index (χ3n) is 7.71. The molecule has 0 aromatic carbocycles. The van der Waals surface area contributed by atoms with Crippen molar-refractivity contribution < 1.29 is 105 Å². The van der Waals surface area contributed by atoms with Crippen molar-refractivity contribution in [3.8, 4) is 0 Å². The second-order valence-corrected chi connectivity index (χ2v) is 13.4. The molecule has 59 heavy (non-hydrogen) atoms. The Hall–Kier alpha value is -1.57. The maximum Gasteiger partial charge on any atom is 0.407 e. The van der Waals surface area contributed by atoms with E-state index in [4.69, 9.17) is 44.4 Å². The number of carbonyl (C=O) groups excluding carboxylic acids is 1. The topological polar surface area (TPSA) is 397 Å². The highest BCUT2D eigenvalue weighted by Gasteiger charge is 2.31. The van der Waals surface area contributed by atoms with E-state index in [1.165, 1.54) is 4.90 Å². The lowest BCUT2D eigenvalue weighted by molar-refractivity contribution is -0.0996. The Bertz CT molecular complexity index is 929. The minimum atomic E-state index is -1.70. The highest BCUT2D eigenvalue weighted by molar-refractivity contribution is 5.67. The highest BCUT2D eigenvalue weighted by atomic mass is 16.6. The van der Waals surface area contributed by atoms with Crippen LogP contribution in [0.5, 0.6) is 0 Å². The third-order valence-corrected chi connectivity index (χ3v) is 7.71. The van der Waals surface area contributed by atoms with Crippen molar-refractivity contribution in [1.29, 1.82) is 0 Å². The summed E-state index contributed by atoms with van der Waals surface area (Å²) in [6.45, 7) is -0.441. The summed E-state index contributed by atoms with van der Waals surface area (Å²) in [5.74, 6) is 0. The molecule has 0 heterocycles. The van der Waals surface area contributed by atoms with Gasteiger partial charge in [0.15, 0.2) is 0 Å². The molecule has 0 radical (unpaired) electrons. The SMILES string of the molecule is CC.NCCNC(=O)OCC(O)COCC(O)COCC(O)COCC(O)COCC(O)COCC(O)CN(CC(O)C(O)C(O)CCO)CC(O)C(O)C(O)CCO. The van der Waals surface area contributed by atoms with Gasteiger partial charge in [-0.2, -0.15) is 0 Å². The maximum absolute atomic E-state index is 11.3. The lowest BCUT2D eigenvalue weighted by atomic mass is 10.0. The molecule has 0 aromatic rings. The van der Waals surface area contributed by atoms with Gasteiger partial charge in [-0.05, 0) is 12.8 Å². The van der Waals surface area contributed by atoms with Crippen LogP contribution in [0.3, 0.4) is 0 Å². The number of nitrogens with two attached hydrogens (primary N) is 1. The lowest BCUT2D eigenvalue weighted by Crippen LogP contribution is -2.51. The molecule has 0 fully saturated rings. The van der Waals surface area contributed by atoms with Crippen molar-refractivity contribution >= 4 is 6.09 Å². The Morgan fingerprint density at radius 3 is 1.10 bits per heavy atom. The number of nitrogens with one attached hydrogen (secondary N) is 1. The van der Waals surface area contributed by atoms with Crippen molar-refractivity contribution in [2.45, 2.75) is 99.9 Å². The summed E-state index contributed by atoms with van der Waals surface area (Å²) in [5.41, 5.74) is 5.24. The van der Waals surface area contributed by atoms with Crippen LogP contribution in [0.25, 0.3) is 0 Å². The van der Waals surface area contributed by atoms with Crippen LogP contribution in [0, 0.1) is 0 Å². The van der Waals surface area contributed by atoms with E-state index in [9.17, 15) is 66.1 Å². The number of hydrogen-bond donors (Lipinski definition) is 16. The number of alkyl carbamates (subject to hydrolysis) is 1. The normalized spacial score (nSPS) is 18.0. The average molecular weight is 874 g/mol. The van der Waals surface area contributed by atoms with Gasteiger partial charge in [0.1, 0.15) is 49.3 Å². The number of aliphatic hydroxyl groups excluding tert-OH is 14. The van der Waals surface area contributed by atoms with Crippen LogP contribution in [-0.2, 0) is 28.4 Å². The first-order valence-corrected chi connectivity index (χ1v) is 19.6. The smallest absolute Gasteiger partial charge is 0.407 e. The van der Waals surface area contributed by atoms with E-state index in [0.29, 0.717) is 0 Å². The maximum atomic E-state index is 11.3. The molecular formula is C35H75N3O21. The van der Waals surface area contributed by atoms with E-state index in [0.717, 1.165) is 0 Å². The Labute approximate surface area is 345 Å². The van der Waals surface area contributed by atoms with Crippen LogP contribution in [0.4, 0.5) is 4.79 Å². The van der Waals surface area contributed by atoms with E-state index in [2.05, 4.69) is 5.32 Å². The zero-order chi connectivity index (χ0) is 45.2. The summed E-state index contributed by atoms with van der Waals surface area (Å²) in [4.78, 5) is 12.5. The molecule has 0 saturated heterocycles. The van der Waals surface area contributed by atoms with Crippen molar-refractivity contribution in [3.63, 3.8) is 0 Å². The summed E-state index contributed by atoms with van der Waals surface area (Å²) in [6, 6.07) is 0. The fourth-order valence-electron chi connectivity index (χ4n) is 4.78. The molecule has 0 saturated carbocycles. The van der Waals surface area contributed by atoms with Crippen LogP contribution >= 0.6 is 0 Å². The number of hydrogen-bond acceptors (Lipinski definition) is 23. The first kappa shape index (κ1) is 59.5. The zero-order valence-electron chi connectivity index (χ0n) is 34.2. The molecule has 356 valence electrons. The summed E-state index contributed by atoms with van der Waals surface area (Å²) in [5, 5.41) is 142. The van der Waals surface area contributed by atoms with Gasteiger partial charge < -0.3 is 111 Å². The number of ether oxygens (including phenoxy) is 6. The molecule has 12 unspecified atom stereocenters. The number of aliphatic hydroxyl groups is 14. The Balaban J connectivity index is 0. The van der Waals surface area contributed by atoms with Crippen LogP contribution in [0.2, 0.25) is 0 Å². The predicted octanol–water partition coefficient (Wildman–Crippen LogP) is -7.82. The van der Waals surface area contributed by atoms with Gasteiger partial charge in [-0.15, -0.1) is 0 Å².